The molecule has 0 saturated carbocycles. The second kappa shape index (κ2) is 7.98. The fraction of sp³-hybridized carbons (Fsp3) is 0.588. The number of morpholine rings is 1. The van der Waals surface area contributed by atoms with Gasteiger partial charge in [-0.05, 0) is 31.0 Å². The second-order valence-electron chi connectivity index (χ2n) is 5.91. The van der Waals surface area contributed by atoms with Crippen molar-refractivity contribution in [3.8, 4) is 0 Å². The largest absolute Gasteiger partial charge is 0.416 e. The molecule has 1 fully saturated rings. The van der Waals surface area contributed by atoms with E-state index in [4.69, 9.17) is 9.47 Å². The Labute approximate surface area is 139 Å². The zero-order valence-electron chi connectivity index (χ0n) is 13.8. The summed E-state index contributed by atoms with van der Waals surface area (Å²) in [5, 5.41) is 0. The van der Waals surface area contributed by atoms with Gasteiger partial charge in [0.05, 0.1) is 24.8 Å². The number of methoxy groups -OCH3 is 1. The van der Waals surface area contributed by atoms with Crippen molar-refractivity contribution in [3.05, 3.63) is 35.4 Å². The Morgan fingerprint density at radius 3 is 2.88 bits per heavy atom. The van der Waals surface area contributed by atoms with Crippen LogP contribution in [0, 0.1) is 0 Å². The van der Waals surface area contributed by atoms with E-state index in [1.54, 1.807) is 18.1 Å². The highest BCUT2D eigenvalue weighted by Gasteiger charge is 2.32. The summed E-state index contributed by atoms with van der Waals surface area (Å²) in [6.45, 7) is 2.92. The van der Waals surface area contributed by atoms with E-state index in [2.05, 4.69) is 0 Å². The minimum atomic E-state index is -4.39. The minimum absolute atomic E-state index is 0.00532. The van der Waals surface area contributed by atoms with Crippen LogP contribution in [0.1, 0.15) is 37.0 Å². The van der Waals surface area contributed by atoms with E-state index in [1.807, 2.05) is 6.92 Å². The molecule has 0 N–H and O–H groups in total. The summed E-state index contributed by atoms with van der Waals surface area (Å²) in [7, 11) is 1.59. The van der Waals surface area contributed by atoms with E-state index in [0.29, 0.717) is 31.6 Å². The fourth-order valence-corrected chi connectivity index (χ4v) is 2.60. The molecule has 7 heteroatoms. The summed E-state index contributed by atoms with van der Waals surface area (Å²) in [5.41, 5.74) is -0.270. The predicted molar refractivity (Wildman–Crippen MR) is 82.4 cm³/mol. The molecule has 0 unspecified atom stereocenters. The lowest BCUT2D eigenvalue weighted by molar-refractivity contribution is -0.140. The highest BCUT2D eigenvalue weighted by molar-refractivity contribution is 5.76. The molecule has 2 atom stereocenters. The van der Waals surface area contributed by atoms with E-state index in [9.17, 15) is 18.0 Å². The molecule has 1 aliphatic rings. The molecule has 0 bridgehead atoms. The van der Waals surface area contributed by atoms with Crippen LogP contribution < -0.4 is 0 Å². The maximum absolute atomic E-state index is 12.8. The Hall–Kier alpha value is -1.60. The fourth-order valence-electron chi connectivity index (χ4n) is 2.60. The monoisotopic (exact) mass is 345 g/mol. The molecule has 134 valence electrons. The lowest BCUT2D eigenvalue weighted by Crippen LogP contribution is -2.42. The average molecular weight is 345 g/mol. The van der Waals surface area contributed by atoms with Crippen LogP contribution in [-0.4, -0.2) is 43.7 Å². The molecule has 1 aliphatic heterocycles. The van der Waals surface area contributed by atoms with Crippen LogP contribution in [-0.2, 0) is 20.4 Å². The molecule has 0 aliphatic carbocycles. The lowest BCUT2D eigenvalue weighted by Gasteiger charge is -2.33. The van der Waals surface area contributed by atoms with Gasteiger partial charge in [-0.25, -0.2) is 0 Å². The van der Waals surface area contributed by atoms with Gasteiger partial charge in [0.1, 0.15) is 6.10 Å². The summed E-state index contributed by atoms with van der Waals surface area (Å²) >= 11 is 0. The molecular weight excluding hydrogens is 323 g/mol. The number of rotatable bonds is 5. The maximum atomic E-state index is 12.8. The number of benzene rings is 1. The molecule has 4 nitrogen and oxygen atoms in total. The number of carbonyl (C=O) groups excluding carboxylic acids is 1. The number of alkyl halides is 3. The van der Waals surface area contributed by atoms with Crippen LogP contribution in [0.25, 0.3) is 0 Å². The number of ether oxygens (including phenoxy) is 2. The van der Waals surface area contributed by atoms with E-state index < -0.39 is 17.8 Å². The van der Waals surface area contributed by atoms with Gasteiger partial charge in [-0.3, -0.25) is 4.79 Å². The number of halogens is 3. The summed E-state index contributed by atoms with van der Waals surface area (Å²) in [5.74, 6) is -0.0285. The molecule has 0 aromatic heterocycles. The maximum Gasteiger partial charge on any atom is 0.416 e. The Morgan fingerprint density at radius 1 is 1.46 bits per heavy atom. The van der Waals surface area contributed by atoms with Crippen LogP contribution in [0.3, 0.4) is 0 Å². The van der Waals surface area contributed by atoms with Gasteiger partial charge in [0.25, 0.3) is 0 Å². The van der Waals surface area contributed by atoms with E-state index >= 15 is 0 Å². The number of hydrogen-bond donors (Lipinski definition) is 0. The Balaban J connectivity index is 2.01. The second-order valence-corrected chi connectivity index (χ2v) is 5.91. The molecule has 1 amide bonds. The van der Waals surface area contributed by atoms with Gasteiger partial charge in [0.2, 0.25) is 5.91 Å². The van der Waals surface area contributed by atoms with Gasteiger partial charge >= 0.3 is 6.18 Å². The molecule has 0 radical (unpaired) electrons. The average Bonchev–Trinajstić information content (AvgIpc) is 2.58. The van der Waals surface area contributed by atoms with Gasteiger partial charge < -0.3 is 14.4 Å². The standard InChI is InChI=1S/C17H22F3NO3/c1-12(23-2)6-7-16(22)21-8-9-24-15(11-21)13-4-3-5-14(10-13)17(18,19)20/h3-5,10,12,15H,6-9,11H2,1-2H3/t12-,15-/m0/s1. The van der Waals surface area contributed by atoms with Gasteiger partial charge in [-0.15, -0.1) is 0 Å². The van der Waals surface area contributed by atoms with Crippen molar-refractivity contribution >= 4 is 5.91 Å². The third-order valence-electron chi connectivity index (χ3n) is 4.17. The van der Waals surface area contributed by atoms with E-state index in [-0.39, 0.29) is 18.6 Å². The lowest BCUT2D eigenvalue weighted by atomic mass is 10.0. The number of amides is 1. The molecule has 2 rings (SSSR count). The zero-order chi connectivity index (χ0) is 17.7. The highest BCUT2D eigenvalue weighted by Crippen LogP contribution is 2.32. The van der Waals surface area contributed by atoms with Gasteiger partial charge in [0, 0.05) is 20.1 Å². The molecule has 1 aromatic carbocycles. The predicted octanol–water partition coefficient (Wildman–Crippen LogP) is 3.42. The summed E-state index contributed by atoms with van der Waals surface area (Å²) in [6, 6.07) is 5.08. The van der Waals surface area contributed by atoms with Crippen molar-refractivity contribution in [1.82, 2.24) is 4.90 Å². The summed E-state index contributed by atoms with van der Waals surface area (Å²) in [6.07, 6.45) is -3.97. The summed E-state index contributed by atoms with van der Waals surface area (Å²) in [4.78, 5) is 13.9. The SMILES string of the molecule is CO[C@@H](C)CCC(=O)N1CCO[C@H](c2cccc(C(F)(F)F)c2)C1. The van der Waals surface area contributed by atoms with Crippen molar-refractivity contribution in [1.29, 1.82) is 0 Å². The van der Waals surface area contributed by atoms with Crippen LogP contribution in [0.2, 0.25) is 0 Å². The molecule has 1 aromatic rings. The summed E-state index contributed by atoms with van der Waals surface area (Å²) < 4.78 is 49.2. The smallest absolute Gasteiger partial charge is 0.382 e. The van der Waals surface area contributed by atoms with Crippen molar-refractivity contribution in [2.75, 3.05) is 26.8 Å². The first-order valence-electron chi connectivity index (χ1n) is 7.90. The number of nitrogens with zero attached hydrogens (tertiary/aromatic N) is 1. The van der Waals surface area contributed by atoms with Gasteiger partial charge in [-0.1, -0.05) is 12.1 Å². The van der Waals surface area contributed by atoms with Gasteiger partial charge in [-0.2, -0.15) is 13.2 Å². The molecular formula is C17H22F3NO3. The normalized spacial score (nSPS) is 20.0. The number of carbonyl (C=O) groups is 1. The minimum Gasteiger partial charge on any atom is -0.382 e. The van der Waals surface area contributed by atoms with E-state index in [0.717, 1.165) is 12.1 Å². The van der Waals surface area contributed by atoms with Crippen LogP contribution in [0.5, 0.6) is 0 Å². The van der Waals surface area contributed by atoms with Crippen LogP contribution >= 0.6 is 0 Å². The van der Waals surface area contributed by atoms with E-state index in [1.165, 1.54) is 6.07 Å². The highest BCUT2D eigenvalue weighted by atomic mass is 19.4. The van der Waals surface area contributed by atoms with Crippen molar-refractivity contribution < 1.29 is 27.4 Å². The first kappa shape index (κ1) is 18.7. The Bertz CT molecular complexity index is 562. The molecule has 0 spiro atoms. The Kier molecular flexibility index (Phi) is 6.23. The first-order valence-corrected chi connectivity index (χ1v) is 7.90. The van der Waals surface area contributed by atoms with Crippen molar-refractivity contribution in [2.45, 2.75) is 38.1 Å². The first-order chi connectivity index (χ1) is 11.3. The zero-order valence-corrected chi connectivity index (χ0v) is 13.8. The van der Waals surface area contributed by atoms with Gasteiger partial charge in [0.15, 0.2) is 0 Å². The third-order valence-corrected chi connectivity index (χ3v) is 4.17. The van der Waals surface area contributed by atoms with Crippen LogP contribution in [0.15, 0.2) is 24.3 Å². The third kappa shape index (κ3) is 4.95. The quantitative estimate of drug-likeness (QED) is 0.821. The Morgan fingerprint density at radius 2 is 2.21 bits per heavy atom. The van der Waals surface area contributed by atoms with Crippen molar-refractivity contribution in [3.63, 3.8) is 0 Å². The molecule has 1 saturated heterocycles. The van der Waals surface area contributed by atoms with Crippen LogP contribution in [0.4, 0.5) is 13.2 Å². The topological polar surface area (TPSA) is 38.8 Å². The number of hydrogen-bond acceptors (Lipinski definition) is 3. The molecule has 1 heterocycles. The molecule has 24 heavy (non-hydrogen) atoms. The van der Waals surface area contributed by atoms with Crippen molar-refractivity contribution in [2.24, 2.45) is 0 Å².